The molecule has 2 aliphatic rings. The van der Waals surface area contributed by atoms with E-state index < -0.39 is 17.8 Å². The predicted molar refractivity (Wildman–Crippen MR) is 65.4 cm³/mol. The van der Waals surface area contributed by atoms with Crippen LogP contribution in [0, 0.1) is 5.92 Å². The fraction of sp³-hybridized carbons (Fsp3) is 0.700. The number of carbonyl (C=O) groups excluding carboxylic acids is 3. The highest BCUT2D eigenvalue weighted by Crippen LogP contribution is 2.33. The van der Waals surface area contributed by atoms with Gasteiger partial charge in [0.15, 0.2) is 0 Å². The van der Waals surface area contributed by atoms with Crippen LogP contribution in [0.15, 0.2) is 0 Å². The lowest BCUT2D eigenvalue weighted by molar-refractivity contribution is -0.200. The molecule has 2 amide bonds. The first-order valence-electron chi connectivity index (χ1n) is 5.42. The third-order valence-electron chi connectivity index (χ3n) is 2.80. The molecule has 2 fully saturated rings. The molecule has 0 aromatic heterocycles. The van der Waals surface area contributed by atoms with Gasteiger partial charge in [0, 0.05) is 29.6 Å². The summed E-state index contributed by atoms with van der Waals surface area (Å²) in [5.74, 6) is -0.195. The van der Waals surface area contributed by atoms with Crippen molar-refractivity contribution in [3.8, 4) is 0 Å². The Morgan fingerprint density at radius 3 is 2.59 bits per heavy atom. The van der Waals surface area contributed by atoms with Crippen LogP contribution in [0.2, 0.25) is 0 Å². The zero-order chi connectivity index (χ0) is 12.4. The van der Waals surface area contributed by atoms with Gasteiger partial charge in [-0.05, 0) is 6.42 Å². The first kappa shape index (κ1) is 12.8. The summed E-state index contributed by atoms with van der Waals surface area (Å²) < 4.78 is 0. The van der Waals surface area contributed by atoms with E-state index in [1.54, 1.807) is 11.8 Å². The minimum absolute atomic E-state index is 0.130. The smallest absolute Gasteiger partial charge is 0.330 e. The Balaban J connectivity index is 1.89. The van der Waals surface area contributed by atoms with Crippen molar-refractivity contribution in [3.05, 3.63) is 0 Å². The van der Waals surface area contributed by atoms with Crippen LogP contribution in [-0.4, -0.2) is 39.6 Å². The van der Waals surface area contributed by atoms with Crippen LogP contribution in [0.4, 0.5) is 0 Å². The number of thioether (sulfide) groups is 1. The Morgan fingerprint density at radius 2 is 2.06 bits per heavy atom. The molecule has 0 radical (unpaired) electrons. The highest BCUT2D eigenvalue weighted by atomic mass is 32.2. The fourth-order valence-electron chi connectivity index (χ4n) is 1.82. The van der Waals surface area contributed by atoms with Gasteiger partial charge in [0.2, 0.25) is 0 Å². The molecule has 2 rings (SSSR count). The maximum Gasteiger partial charge on any atom is 0.337 e. The fourth-order valence-corrected chi connectivity index (χ4v) is 3.54. The number of rotatable bonds is 3. The number of hydrogen-bond donors (Lipinski definition) is 1. The molecule has 17 heavy (non-hydrogen) atoms. The van der Waals surface area contributed by atoms with Crippen LogP contribution < -0.4 is 0 Å². The minimum atomic E-state index is -0.481. The molecule has 2 aliphatic heterocycles. The van der Waals surface area contributed by atoms with Gasteiger partial charge in [-0.2, -0.15) is 24.4 Å². The molecule has 94 valence electrons. The van der Waals surface area contributed by atoms with E-state index in [1.807, 2.05) is 0 Å². The molecule has 0 saturated carbocycles. The Hall–Kier alpha value is -0.690. The Morgan fingerprint density at radius 1 is 1.41 bits per heavy atom. The Labute approximate surface area is 109 Å². The first-order valence-corrected chi connectivity index (χ1v) is 7.10. The third kappa shape index (κ3) is 2.77. The predicted octanol–water partition coefficient (Wildman–Crippen LogP) is 0.645. The summed E-state index contributed by atoms with van der Waals surface area (Å²) in [6, 6.07) is 0. The molecule has 0 bridgehead atoms. The molecule has 2 atom stereocenters. The molecule has 0 spiro atoms. The molecular formula is C10H13NO4S2. The van der Waals surface area contributed by atoms with Crippen LogP contribution in [0.25, 0.3) is 0 Å². The maximum absolute atomic E-state index is 11.7. The number of hydrogen-bond acceptors (Lipinski definition) is 6. The normalized spacial score (nSPS) is 28.9. The lowest BCUT2D eigenvalue weighted by Gasteiger charge is -2.15. The van der Waals surface area contributed by atoms with Crippen LogP contribution in [-0.2, 0) is 19.2 Å². The molecule has 2 saturated heterocycles. The quantitative estimate of drug-likeness (QED) is 0.605. The van der Waals surface area contributed by atoms with E-state index in [4.69, 9.17) is 4.84 Å². The van der Waals surface area contributed by atoms with E-state index in [-0.39, 0.29) is 18.8 Å². The molecule has 2 heterocycles. The molecular weight excluding hydrogens is 262 g/mol. The van der Waals surface area contributed by atoms with E-state index in [1.165, 1.54) is 0 Å². The van der Waals surface area contributed by atoms with Gasteiger partial charge in [-0.15, -0.1) is 5.06 Å². The second kappa shape index (κ2) is 5.30. The van der Waals surface area contributed by atoms with Crippen molar-refractivity contribution in [1.82, 2.24) is 5.06 Å². The van der Waals surface area contributed by atoms with Gasteiger partial charge < -0.3 is 4.84 Å². The first-order chi connectivity index (χ1) is 8.11. The molecule has 0 aromatic carbocycles. The topological polar surface area (TPSA) is 63.7 Å². The highest BCUT2D eigenvalue weighted by Gasteiger charge is 2.37. The van der Waals surface area contributed by atoms with E-state index in [2.05, 4.69) is 12.6 Å². The summed E-state index contributed by atoms with van der Waals surface area (Å²) in [6.45, 7) is 0. The summed E-state index contributed by atoms with van der Waals surface area (Å²) in [4.78, 5) is 39.1. The van der Waals surface area contributed by atoms with Gasteiger partial charge in [0.05, 0.1) is 5.92 Å². The number of amides is 2. The average molecular weight is 275 g/mol. The maximum atomic E-state index is 11.7. The summed E-state index contributed by atoms with van der Waals surface area (Å²) in [5, 5.41) is 0.960. The second-order valence-electron chi connectivity index (χ2n) is 4.06. The lowest BCUT2D eigenvalue weighted by atomic mass is 10.1. The summed E-state index contributed by atoms with van der Waals surface area (Å²) in [5.41, 5.74) is 0. The van der Waals surface area contributed by atoms with Gasteiger partial charge in [-0.25, -0.2) is 4.79 Å². The number of hydroxylamine groups is 2. The van der Waals surface area contributed by atoms with Gasteiger partial charge in [0.1, 0.15) is 0 Å². The van der Waals surface area contributed by atoms with E-state index >= 15 is 0 Å². The van der Waals surface area contributed by atoms with Crippen molar-refractivity contribution in [2.75, 3.05) is 11.5 Å². The van der Waals surface area contributed by atoms with Crippen molar-refractivity contribution in [1.29, 1.82) is 0 Å². The van der Waals surface area contributed by atoms with Crippen molar-refractivity contribution < 1.29 is 19.2 Å². The third-order valence-corrected chi connectivity index (χ3v) is 4.92. The lowest BCUT2D eigenvalue weighted by Crippen LogP contribution is -2.34. The van der Waals surface area contributed by atoms with Gasteiger partial charge in [-0.3, -0.25) is 9.59 Å². The van der Waals surface area contributed by atoms with E-state index in [0.29, 0.717) is 22.5 Å². The number of nitrogens with zero attached hydrogens (tertiary/aromatic N) is 1. The van der Waals surface area contributed by atoms with Crippen LogP contribution in [0.3, 0.4) is 0 Å². The summed E-state index contributed by atoms with van der Waals surface area (Å²) in [7, 11) is 0. The van der Waals surface area contributed by atoms with Crippen LogP contribution >= 0.6 is 24.4 Å². The summed E-state index contributed by atoms with van der Waals surface area (Å²) >= 11 is 5.85. The SMILES string of the molecule is O=C(ON1C(=O)CCC1=O)[C@H]1CS[C@H](CS)C1. The van der Waals surface area contributed by atoms with E-state index in [9.17, 15) is 14.4 Å². The standard InChI is InChI=1S/C10H13NO4S2/c12-8-1-2-9(13)11(8)15-10(14)6-3-7(4-16)17-5-6/h6-7,16H,1-5H2/t6-,7+/m1/s1. The molecule has 0 unspecified atom stereocenters. The largest absolute Gasteiger partial charge is 0.337 e. The number of thiol groups is 1. The minimum Gasteiger partial charge on any atom is -0.330 e. The Kier molecular flexibility index (Phi) is 3.98. The average Bonchev–Trinajstić information content (AvgIpc) is 2.90. The van der Waals surface area contributed by atoms with Crippen LogP contribution in [0.1, 0.15) is 19.3 Å². The molecule has 0 aromatic rings. The monoisotopic (exact) mass is 275 g/mol. The van der Waals surface area contributed by atoms with Crippen molar-refractivity contribution in [2.24, 2.45) is 5.92 Å². The van der Waals surface area contributed by atoms with Crippen molar-refractivity contribution in [2.45, 2.75) is 24.5 Å². The zero-order valence-corrected chi connectivity index (χ0v) is 10.8. The van der Waals surface area contributed by atoms with Gasteiger partial charge >= 0.3 is 5.97 Å². The molecule has 5 nitrogen and oxygen atoms in total. The second-order valence-corrected chi connectivity index (χ2v) is 5.76. The summed E-state index contributed by atoms with van der Waals surface area (Å²) in [6.07, 6.45) is 0.957. The Bertz CT molecular complexity index is 344. The van der Waals surface area contributed by atoms with Gasteiger partial charge in [0.25, 0.3) is 11.8 Å². The molecule has 0 aliphatic carbocycles. The zero-order valence-electron chi connectivity index (χ0n) is 9.13. The highest BCUT2D eigenvalue weighted by molar-refractivity contribution is 8.00. The molecule has 7 heteroatoms. The molecule has 0 N–H and O–H groups in total. The van der Waals surface area contributed by atoms with Crippen LogP contribution in [0.5, 0.6) is 0 Å². The number of carbonyl (C=O) groups is 3. The van der Waals surface area contributed by atoms with Crippen molar-refractivity contribution in [3.63, 3.8) is 0 Å². The van der Waals surface area contributed by atoms with E-state index in [0.717, 1.165) is 5.75 Å². The van der Waals surface area contributed by atoms with Crippen molar-refractivity contribution >= 4 is 42.2 Å². The number of imide groups is 1. The van der Waals surface area contributed by atoms with Gasteiger partial charge in [-0.1, -0.05) is 0 Å².